The average molecular weight is 163 g/mol. The molecule has 0 spiro atoms. The molecule has 2 N–H and O–H groups in total. The maximum Gasteiger partial charge on any atom is 0.0747 e. The van der Waals surface area contributed by atoms with Gasteiger partial charge in [0, 0.05) is 0 Å². The van der Waals surface area contributed by atoms with Gasteiger partial charge in [-0.3, -0.25) is 0 Å². The average Bonchev–Trinajstić information content (AvgIpc) is 2.53. The fraction of sp³-hybridized carbons (Fsp3) is 0.400. The number of hydrogen-bond donors (Lipinski definition) is 2. The molecule has 0 amide bonds. The topological polar surface area (TPSA) is 32.3 Å². The highest BCUT2D eigenvalue weighted by Gasteiger charge is 2.25. The summed E-state index contributed by atoms with van der Waals surface area (Å²) in [5, 5.41) is 12.9. The minimum atomic E-state index is -0.215. The van der Waals surface area contributed by atoms with E-state index in [4.69, 9.17) is 0 Å². The summed E-state index contributed by atoms with van der Waals surface area (Å²) < 4.78 is 0. The molecule has 1 heterocycles. The van der Waals surface area contributed by atoms with Crippen LogP contribution in [0.3, 0.4) is 0 Å². The lowest BCUT2D eigenvalue weighted by molar-refractivity contribution is 0.160. The second-order valence-corrected chi connectivity index (χ2v) is 3.20. The molecule has 1 aliphatic rings. The molecular formula is C10H13NO. The Hall–Kier alpha value is -0.860. The van der Waals surface area contributed by atoms with Gasteiger partial charge in [-0.15, -0.1) is 0 Å². The third-order valence-electron chi connectivity index (χ3n) is 2.35. The molecule has 12 heavy (non-hydrogen) atoms. The molecule has 2 unspecified atom stereocenters. The van der Waals surface area contributed by atoms with Gasteiger partial charge in [0.1, 0.15) is 0 Å². The van der Waals surface area contributed by atoms with Crippen LogP contribution in [0, 0.1) is 0 Å². The smallest absolute Gasteiger partial charge is 0.0747 e. The van der Waals surface area contributed by atoms with Crippen molar-refractivity contribution in [2.24, 2.45) is 0 Å². The van der Waals surface area contributed by atoms with Gasteiger partial charge in [0.25, 0.3) is 0 Å². The van der Waals surface area contributed by atoms with Gasteiger partial charge in [-0.1, -0.05) is 30.3 Å². The van der Waals surface area contributed by atoms with E-state index in [0.29, 0.717) is 0 Å². The second kappa shape index (κ2) is 3.25. The highest BCUT2D eigenvalue weighted by Crippen LogP contribution is 2.22. The van der Waals surface area contributed by atoms with E-state index in [-0.39, 0.29) is 12.1 Å². The normalized spacial score (nSPS) is 29.1. The SMILES string of the molecule is OC1CCNC1c1ccccc1. The molecule has 0 aromatic heterocycles. The summed E-state index contributed by atoms with van der Waals surface area (Å²) in [7, 11) is 0. The van der Waals surface area contributed by atoms with Crippen molar-refractivity contribution >= 4 is 0 Å². The van der Waals surface area contributed by atoms with E-state index in [1.54, 1.807) is 0 Å². The van der Waals surface area contributed by atoms with Gasteiger partial charge >= 0.3 is 0 Å². The number of benzene rings is 1. The molecule has 0 bridgehead atoms. The van der Waals surface area contributed by atoms with E-state index >= 15 is 0 Å². The number of aliphatic hydroxyl groups excluding tert-OH is 1. The molecule has 1 aliphatic heterocycles. The largest absolute Gasteiger partial charge is 0.391 e. The lowest BCUT2D eigenvalue weighted by Gasteiger charge is -2.14. The van der Waals surface area contributed by atoms with Crippen LogP contribution in [0.1, 0.15) is 18.0 Å². The minimum absolute atomic E-state index is 0.145. The molecule has 2 atom stereocenters. The molecule has 2 heteroatoms. The van der Waals surface area contributed by atoms with E-state index in [9.17, 15) is 5.11 Å². The minimum Gasteiger partial charge on any atom is -0.391 e. The lowest BCUT2D eigenvalue weighted by atomic mass is 10.0. The molecule has 0 aliphatic carbocycles. The van der Waals surface area contributed by atoms with E-state index in [0.717, 1.165) is 13.0 Å². The molecule has 1 fully saturated rings. The molecule has 2 rings (SSSR count). The molecule has 0 radical (unpaired) electrons. The van der Waals surface area contributed by atoms with Crippen LogP contribution in [0.25, 0.3) is 0 Å². The van der Waals surface area contributed by atoms with Gasteiger partial charge in [-0.2, -0.15) is 0 Å². The standard InChI is InChI=1S/C10H13NO/c12-9-6-7-11-10(9)8-4-2-1-3-5-8/h1-5,9-12H,6-7H2. The molecule has 64 valence electrons. The van der Waals surface area contributed by atoms with Crippen molar-refractivity contribution in [2.45, 2.75) is 18.6 Å². The third kappa shape index (κ3) is 1.36. The molecule has 2 nitrogen and oxygen atoms in total. The zero-order valence-corrected chi connectivity index (χ0v) is 6.90. The van der Waals surface area contributed by atoms with Crippen LogP contribution in [0.5, 0.6) is 0 Å². The zero-order valence-electron chi connectivity index (χ0n) is 6.90. The Balaban J connectivity index is 2.19. The number of aliphatic hydroxyl groups is 1. The van der Waals surface area contributed by atoms with E-state index in [2.05, 4.69) is 5.32 Å². The van der Waals surface area contributed by atoms with E-state index < -0.39 is 0 Å². The van der Waals surface area contributed by atoms with Crippen molar-refractivity contribution in [1.29, 1.82) is 0 Å². The van der Waals surface area contributed by atoms with E-state index in [1.807, 2.05) is 30.3 Å². The Kier molecular flexibility index (Phi) is 2.11. The summed E-state index contributed by atoms with van der Waals surface area (Å²) >= 11 is 0. The van der Waals surface area contributed by atoms with Gasteiger partial charge in [-0.25, -0.2) is 0 Å². The van der Waals surface area contributed by atoms with Crippen molar-refractivity contribution in [3.63, 3.8) is 0 Å². The van der Waals surface area contributed by atoms with Gasteiger partial charge in [-0.05, 0) is 18.5 Å². The van der Waals surface area contributed by atoms with Crippen molar-refractivity contribution < 1.29 is 5.11 Å². The Bertz CT molecular complexity index is 247. The van der Waals surface area contributed by atoms with Gasteiger partial charge in [0.2, 0.25) is 0 Å². The van der Waals surface area contributed by atoms with Crippen LogP contribution in [-0.4, -0.2) is 17.8 Å². The summed E-state index contributed by atoms with van der Waals surface area (Å²) in [6.07, 6.45) is 0.645. The first kappa shape index (κ1) is 7.77. The number of rotatable bonds is 1. The first-order chi connectivity index (χ1) is 5.88. The quantitative estimate of drug-likeness (QED) is 0.649. The first-order valence-corrected chi connectivity index (χ1v) is 4.34. The summed E-state index contributed by atoms with van der Waals surface area (Å²) in [6.45, 7) is 0.917. The number of nitrogens with one attached hydrogen (secondary N) is 1. The Morgan fingerprint density at radius 3 is 2.58 bits per heavy atom. The highest BCUT2D eigenvalue weighted by molar-refractivity contribution is 5.21. The highest BCUT2D eigenvalue weighted by atomic mass is 16.3. The Morgan fingerprint density at radius 2 is 2.00 bits per heavy atom. The fourth-order valence-electron chi connectivity index (χ4n) is 1.69. The summed E-state index contributed by atoms with van der Waals surface area (Å²) in [5.74, 6) is 0. The van der Waals surface area contributed by atoms with Crippen LogP contribution in [0.4, 0.5) is 0 Å². The molecular weight excluding hydrogens is 150 g/mol. The predicted octanol–water partition coefficient (Wildman–Crippen LogP) is 1.08. The Labute approximate surface area is 72.2 Å². The van der Waals surface area contributed by atoms with Gasteiger partial charge in [0.05, 0.1) is 12.1 Å². The summed E-state index contributed by atoms with van der Waals surface area (Å²) in [6, 6.07) is 10.2. The second-order valence-electron chi connectivity index (χ2n) is 3.20. The van der Waals surface area contributed by atoms with Crippen LogP contribution < -0.4 is 5.32 Å². The zero-order chi connectivity index (χ0) is 8.39. The van der Waals surface area contributed by atoms with Crippen LogP contribution in [0.15, 0.2) is 30.3 Å². The monoisotopic (exact) mass is 163 g/mol. The third-order valence-corrected chi connectivity index (χ3v) is 2.35. The van der Waals surface area contributed by atoms with Gasteiger partial charge < -0.3 is 10.4 Å². The maximum atomic E-state index is 9.58. The summed E-state index contributed by atoms with van der Waals surface area (Å²) in [4.78, 5) is 0. The summed E-state index contributed by atoms with van der Waals surface area (Å²) in [5.41, 5.74) is 1.18. The first-order valence-electron chi connectivity index (χ1n) is 4.34. The van der Waals surface area contributed by atoms with Crippen molar-refractivity contribution in [1.82, 2.24) is 5.32 Å². The molecule has 1 aromatic rings. The van der Waals surface area contributed by atoms with Crippen LogP contribution in [-0.2, 0) is 0 Å². The maximum absolute atomic E-state index is 9.58. The fourth-order valence-corrected chi connectivity index (χ4v) is 1.69. The number of hydrogen-bond acceptors (Lipinski definition) is 2. The Morgan fingerprint density at radius 1 is 1.25 bits per heavy atom. The van der Waals surface area contributed by atoms with Crippen molar-refractivity contribution in [3.05, 3.63) is 35.9 Å². The van der Waals surface area contributed by atoms with Gasteiger partial charge in [0.15, 0.2) is 0 Å². The molecule has 1 saturated heterocycles. The lowest BCUT2D eigenvalue weighted by Crippen LogP contribution is -2.20. The van der Waals surface area contributed by atoms with E-state index in [1.165, 1.54) is 5.56 Å². The van der Waals surface area contributed by atoms with Crippen molar-refractivity contribution in [2.75, 3.05) is 6.54 Å². The molecule has 0 saturated carbocycles. The predicted molar refractivity (Wildman–Crippen MR) is 47.8 cm³/mol. The van der Waals surface area contributed by atoms with Crippen molar-refractivity contribution in [3.8, 4) is 0 Å². The van der Waals surface area contributed by atoms with Crippen LogP contribution >= 0.6 is 0 Å². The van der Waals surface area contributed by atoms with Crippen LogP contribution in [0.2, 0.25) is 0 Å². The molecule has 1 aromatic carbocycles.